The van der Waals surface area contributed by atoms with Gasteiger partial charge in [-0.1, -0.05) is 0 Å². The van der Waals surface area contributed by atoms with Crippen LogP contribution < -0.4 is 10.2 Å². The topological polar surface area (TPSA) is 87.3 Å². The second-order valence-corrected chi connectivity index (χ2v) is 7.02. The van der Waals surface area contributed by atoms with Crippen LogP contribution >= 0.6 is 0 Å². The van der Waals surface area contributed by atoms with Gasteiger partial charge in [0, 0.05) is 25.3 Å². The van der Waals surface area contributed by atoms with E-state index >= 15 is 0 Å². The minimum absolute atomic E-state index is 0.0794. The molecule has 1 aliphatic heterocycles. The molecule has 2 N–H and O–H groups in total. The van der Waals surface area contributed by atoms with E-state index in [1.165, 1.54) is 11.2 Å². The summed E-state index contributed by atoms with van der Waals surface area (Å²) in [6.07, 6.45) is 1.49. The number of nitrogens with one attached hydrogen (secondary N) is 2. The van der Waals surface area contributed by atoms with Crippen LogP contribution in [0.3, 0.4) is 0 Å². The zero-order valence-corrected chi connectivity index (χ0v) is 16.1. The molecule has 0 atom stereocenters. The van der Waals surface area contributed by atoms with Crippen molar-refractivity contribution in [2.75, 3.05) is 52.1 Å². The van der Waals surface area contributed by atoms with E-state index in [0.29, 0.717) is 49.7 Å². The Balaban J connectivity index is 1.46. The van der Waals surface area contributed by atoms with E-state index in [1.54, 1.807) is 55.4 Å². The fraction of sp³-hybridized carbons (Fsp3) is 0.350. The van der Waals surface area contributed by atoms with Gasteiger partial charge in [0.1, 0.15) is 0 Å². The number of rotatable bonds is 5. The third-order valence-electron chi connectivity index (χ3n) is 4.72. The van der Waals surface area contributed by atoms with E-state index in [0.717, 1.165) is 4.90 Å². The van der Waals surface area contributed by atoms with Crippen LogP contribution in [0.1, 0.15) is 20.9 Å². The van der Waals surface area contributed by atoms with Crippen molar-refractivity contribution in [1.82, 2.24) is 9.80 Å². The summed E-state index contributed by atoms with van der Waals surface area (Å²) in [5.41, 5.74) is 1.23. The number of hydrogen-bond donors (Lipinski definition) is 2. The average molecular weight is 385 g/mol. The monoisotopic (exact) mass is 385 g/mol. The fourth-order valence-electron chi connectivity index (χ4n) is 3.15. The van der Waals surface area contributed by atoms with Gasteiger partial charge >= 0.3 is 0 Å². The number of carbonyl (C=O) groups is 3. The number of anilines is 1. The Morgan fingerprint density at radius 1 is 1.11 bits per heavy atom. The van der Waals surface area contributed by atoms with Crippen molar-refractivity contribution < 1.29 is 23.7 Å². The highest BCUT2D eigenvalue weighted by Crippen LogP contribution is 2.10. The quantitative estimate of drug-likeness (QED) is 0.756. The molecule has 148 valence electrons. The Labute approximate surface area is 163 Å². The van der Waals surface area contributed by atoms with E-state index in [-0.39, 0.29) is 17.7 Å². The van der Waals surface area contributed by atoms with Gasteiger partial charge in [0.25, 0.3) is 17.7 Å². The summed E-state index contributed by atoms with van der Waals surface area (Å²) < 4.78 is 5.16. The first-order chi connectivity index (χ1) is 13.4. The Bertz CT molecular complexity index is 822. The molecular weight excluding hydrogens is 360 g/mol. The van der Waals surface area contributed by atoms with Gasteiger partial charge < -0.3 is 24.4 Å². The maximum absolute atomic E-state index is 12.3. The number of nitrogens with zero attached hydrogens (tertiary/aromatic N) is 2. The first-order valence-corrected chi connectivity index (χ1v) is 9.22. The summed E-state index contributed by atoms with van der Waals surface area (Å²) >= 11 is 0. The molecule has 8 nitrogen and oxygen atoms in total. The summed E-state index contributed by atoms with van der Waals surface area (Å²) in [4.78, 5) is 40.8. The van der Waals surface area contributed by atoms with Crippen molar-refractivity contribution in [1.29, 1.82) is 0 Å². The molecule has 3 amide bonds. The van der Waals surface area contributed by atoms with Crippen LogP contribution in [-0.4, -0.2) is 74.3 Å². The number of amides is 3. The summed E-state index contributed by atoms with van der Waals surface area (Å²) in [5.74, 6) is 0.0648. The molecular formula is C20H25N4O4+. The van der Waals surface area contributed by atoms with Gasteiger partial charge in [-0.25, -0.2) is 0 Å². The van der Waals surface area contributed by atoms with Gasteiger partial charge in [-0.3, -0.25) is 14.4 Å². The van der Waals surface area contributed by atoms with Crippen molar-refractivity contribution in [3.8, 4) is 0 Å². The third kappa shape index (κ3) is 4.77. The zero-order chi connectivity index (χ0) is 20.1. The van der Waals surface area contributed by atoms with Crippen LogP contribution in [0.25, 0.3) is 0 Å². The predicted molar refractivity (Wildman–Crippen MR) is 103 cm³/mol. The first kappa shape index (κ1) is 19.6. The summed E-state index contributed by atoms with van der Waals surface area (Å²) in [6.45, 7) is 2.92. The van der Waals surface area contributed by atoms with Crippen LogP contribution in [0.15, 0.2) is 47.1 Å². The first-order valence-electron chi connectivity index (χ1n) is 9.22. The molecule has 1 aliphatic rings. The predicted octanol–water partition coefficient (Wildman–Crippen LogP) is -0.0392. The molecule has 1 aromatic heterocycles. The Hall–Kier alpha value is -3.13. The van der Waals surface area contributed by atoms with E-state index in [1.807, 2.05) is 0 Å². The van der Waals surface area contributed by atoms with Gasteiger partial charge in [-0.2, -0.15) is 0 Å². The van der Waals surface area contributed by atoms with E-state index in [4.69, 9.17) is 4.42 Å². The van der Waals surface area contributed by atoms with Crippen molar-refractivity contribution in [3.05, 3.63) is 54.0 Å². The molecule has 1 saturated heterocycles. The lowest BCUT2D eigenvalue weighted by molar-refractivity contribution is -0.895. The van der Waals surface area contributed by atoms with E-state index < -0.39 is 0 Å². The minimum Gasteiger partial charge on any atom is -0.459 e. The standard InChI is InChI=1S/C20H24N4O4/c1-22(2)19(26)15-5-7-16(8-6-15)21-18(25)14-23-9-11-24(12-10-23)20(27)17-4-3-13-28-17/h3-8,13H,9-12,14H2,1-2H3,(H,21,25)/p+1. The molecule has 2 aromatic rings. The lowest BCUT2D eigenvalue weighted by Gasteiger charge is -2.31. The molecule has 0 saturated carbocycles. The molecule has 0 radical (unpaired) electrons. The number of furan rings is 1. The average Bonchev–Trinajstić information content (AvgIpc) is 3.22. The van der Waals surface area contributed by atoms with Crippen LogP contribution in [0.2, 0.25) is 0 Å². The van der Waals surface area contributed by atoms with Crippen LogP contribution in [0.4, 0.5) is 5.69 Å². The van der Waals surface area contributed by atoms with Crippen molar-refractivity contribution in [2.24, 2.45) is 0 Å². The number of piperazine rings is 1. The number of quaternary nitrogens is 1. The highest BCUT2D eigenvalue weighted by Gasteiger charge is 2.27. The van der Waals surface area contributed by atoms with Gasteiger partial charge in [0.05, 0.1) is 32.4 Å². The lowest BCUT2D eigenvalue weighted by atomic mass is 10.2. The smallest absolute Gasteiger partial charge is 0.289 e. The maximum Gasteiger partial charge on any atom is 0.289 e. The molecule has 8 heteroatoms. The lowest BCUT2D eigenvalue weighted by Crippen LogP contribution is -3.15. The minimum atomic E-state index is -0.110. The van der Waals surface area contributed by atoms with E-state index in [2.05, 4.69) is 5.32 Å². The molecule has 2 heterocycles. The van der Waals surface area contributed by atoms with Crippen LogP contribution in [0, 0.1) is 0 Å². The Kier molecular flexibility index (Phi) is 6.10. The molecule has 3 rings (SSSR count). The Morgan fingerprint density at radius 2 is 1.79 bits per heavy atom. The second-order valence-electron chi connectivity index (χ2n) is 7.02. The summed E-state index contributed by atoms with van der Waals surface area (Å²) in [5, 5.41) is 2.86. The van der Waals surface area contributed by atoms with Gasteiger partial charge in [0.2, 0.25) is 0 Å². The van der Waals surface area contributed by atoms with Gasteiger partial charge in [-0.05, 0) is 36.4 Å². The van der Waals surface area contributed by atoms with Crippen molar-refractivity contribution in [3.63, 3.8) is 0 Å². The highest BCUT2D eigenvalue weighted by molar-refractivity contribution is 5.95. The molecule has 28 heavy (non-hydrogen) atoms. The molecule has 0 unspecified atom stereocenters. The maximum atomic E-state index is 12.3. The van der Waals surface area contributed by atoms with Crippen molar-refractivity contribution >= 4 is 23.4 Å². The number of carbonyl (C=O) groups excluding carboxylic acids is 3. The zero-order valence-electron chi connectivity index (χ0n) is 16.1. The van der Waals surface area contributed by atoms with Gasteiger partial charge in [-0.15, -0.1) is 0 Å². The fourth-order valence-corrected chi connectivity index (χ4v) is 3.15. The van der Waals surface area contributed by atoms with Crippen LogP contribution in [0.5, 0.6) is 0 Å². The van der Waals surface area contributed by atoms with Crippen LogP contribution in [-0.2, 0) is 4.79 Å². The number of benzene rings is 1. The highest BCUT2D eigenvalue weighted by atomic mass is 16.3. The SMILES string of the molecule is CN(C)C(=O)c1ccc(NC(=O)C[NH+]2CCN(C(=O)c3ccco3)CC2)cc1. The summed E-state index contributed by atoms with van der Waals surface area (Å²) in [7, 11) is 3.39. The molecule has 1 aromatic carbocycles. The molecule has 1 fully saturated rings. The normalized spacial score (nSPS) is 14.6. The van der Waals surface area contributed by atoms with E-state index in [9.17, 15) is 14.4 Å². The Morgan fingerprint density at radius 3 is 2.36 bits per heavy atom. The second kappa shape index (κ2) is 8.71. The largest absolute Gasteiger partial charge is 0.459 e. The molecule has 0 bridgehead atoms. The van der Waals surface area contributed by atoms with Gasteiger partial charge in [0.15, 0.2) is 12.3 Å². The third-order valence-corrected chi connectivity index (χ3v) is 4.72. The molecule has 0 aliphatic carbocycles. The molecule has 0 spiro atoms. The van der Waals surface area contributed by atoms with Crippen molar-refractivity contribution in [2.45, 2.75) is 0 Å². The number of hydrogen-bond acceptors (Lipinski definition) is 4. The summed E-state index contributed by atoms with van der Waals surface area (Å²) in [6, 6.07) is 10.2.